The summed E-state index contributed by atoms with van der Waals surface area (Å²) in [4.78, 5) is 27.1. The summed E-state index contributed by atoms with van der Waals surface area (Å²) in [5.41, 5.74) is 4.63. The molecule has 0 saturated heterocycles. The second kappa shape index (κ2) is 10.1. The predicted octanol–water partition coefficient (Wildman–Crippen LogP) is 7.02. The fourth-order valence-electron chi connectivity index (χ4n) is 3.72. The molecule has 8 heteroatoms. The number of benzene rings is 3. The second-order valence-electron chi connectivity index (χ2n) is 8.15. The molecule has 0 bridgehead atoms. The van der Waals surface area contributed by atoms with E-state index in [1.165, 1.54) is 23.5 Å². The first kappa shape index (κ1) is 23.3. The zero-order valence-electron chi connectivity index (χ0n) is 19.6. The number of carbonyl (C=O) groups is 1. The highest BCUT2D eigenvalue weighted by Gasteiger charge is 2.17. The zero-order valence-corrected chi connectivity index (χ0v) is 20.4. The first-order chi connectivity index (χ1) is 17.4. The molecule has 5 aromatic rings. The number of nitrogens with zero attached hydrogens (tertiary/aromatic N) is 3. The van der Waals surface area contributed by atoms with Crippen molar-refractivity contribution in [2.75, 3.05) is 10.6 Å². The summed E-state index contributed by atoms with van der Waals surface area (Å²) in [6.07, 6.45) is 0. The van der Waals surface area contributed by atoms with Crippen molar-refractivity contribution in [3.05, 3.63) is 107 Å². The topological polar surface area (TPSA) is 79.8 Å². The maximum atomic E-state index is 13.3. The number of aryl methyl sites for hydroxylation is 2. The summed E-state index contributed by atoms with van der Waals surface area (Å²) >= 11 is 1.28. The number of anilines is 3. The van der Waals surface area contributed by atoms with E-state index >= 15 is 0 Å². The Morgan fingerprint density at radius 1 is 0.806 bits per heavy atom. The number of aromatic nitrogens is 3. The Kier molecular flexibility index (Phi) is 6.51. The molecule has 2 N–H and O–H groups in total. The van der Waals surface area contributed by atoms with E-state index in [4.69, 9.17) is 0 Å². The molecule has 0 unspecified atom stereocenters. The lowest BCUT2D eigenvalue weighted by molar-refractivity contribution is 0.103. The molecule has 5 rings (SSSR count). The number of hydrogen-bond acceptors (Lipinski definition) is 6. The molecular weight excluding hydrogens is 473 g/mol. The number of rotatable bonds is 6. The largest absolute Gasteiger partial charge is 0.340 e. The molecule has 0 radical (unpaired) electrons. The summed E-state index contributed by atoms with van der Waals surface area (Å²) in [5, 5.41) is 6.92. The van der Waals surface area contributed by atoms with Crippen molar-refractivity contribution < 1.29 is 9.18 Å². The van der Waals surface area contributed by atoms with Crippen LogP contribution in [-0.2, 0) is 0 Å². The molecule has 0 aliphatic heterocycles. The van der Waals surface area contributed by atoms with Gasteiger partial charge in [-0.25, -0.2) is 19.3 Å². The van der Waals surface area contributed by atoms with Crippen LogP contribution in [0, 0.1) is 19.7 Å². The fourth-order valence-corrected chi connectivity index (χ4v) is 4.69. The van der Waals surface area contributed by atoms with Gasteiger partial charge in [0, 0.05) is 28.6 Å². The Morgan fingerprint density at radius 3 is 2.33 bits per heavy atom. The van der Waals surface area contributed by atoms with Crippen LogP contribution in [0.15, 0.2) is 84.9 Å². The highest BCUT2D eigenvalue weighted by Crippen LogP contribution is 2.29. The molecule has 2 aromatic heterocycles. The van der Waals surface area contributed by atoms with Crippen molar-refractivity contribution in [1.29, 1.82) is 0 Å². The van der Waals surface area contributed by atoms with Gasteiger partial charge in [0.25, 0.3) is 5.91 Å². The van der Waals surface area contributed by atoms with E-state index in [-0.39, 0.29) is 11.7 Å². The van der Waals surface area contributed by atoms with Gasteiger partial charge in [-0.15, -0.1) is 11.3 Å². The Labute approximate surface area is 211 Å². The highest BCUT2D eigenvalue weighted by atomic mass is 32.1. The second-order valence-corrected chi connectivity index (χ2v) is 9.15. The van der Waals surface area contributed by atoms with Gasteiger partial charge in [0.1, 0.15) is 27.3 Å². The van der Waals surface area contributed by atoms with E-state index < -0.39 is 0 Å². The van der Waals surface area contributed by atoms with Gasteiger partial charge in [-0.2, -0.15) is 0 Å². The quantitative estimate of drug-likeness (QED) is 0.265. The van der Waals surface area contributed by atoms with Crippen molar-refractivity contribution >= 4 is 34.4 Å². The maximum absolute atomic E-state index is 13.3. The molecular formula is C28H22FN5OS. The van der Waals surface area contributed by atoms with E-state index in [1.54, 1.807) is 19.1 Å². The SMILES string of the molecule is Cc1nc(Nc2cccc(NC(=O)c3sc(-c4ccc(F)cc4)nc3C)c2)cc(-c2ccccc2)n1. The molecule has 178 valence electrons. The van der Waals surface area contributed by atoms with Gasteiger partial charge in [0.15, 0.2) is 0 Å². The summed E-state index contributed by atoms with van der Waals surface area (Å²) in [6, 6.07) is 25.3. The lowest BCUT2D eigenvalue weighted by Gasteiger charge is -2.11. The standard InChI is InChI=1S/C28H22FN5OS/c1-17-26(36-28(30-17)20-11-13-21(29)14-12-20)27(35)34-23-10-6-9-22(15-23)33-25-16-24(31-18(2)32-25)19-7-4-3-5-8-19/h3-16H,1-2H3,(H,34,35)(H,31,32,33). The molecule has 0 spiro atoms. The Bertz CT molecular complexity index is 1530. The van der Waals surface area contributed by atoms with Gasteiger partial charge in [-0.05, 0) is 56.3 Å². The molecule has 3 aromatic carbocycles. The first-order valence-electron chi connectivity index (χ1n) is 11.3. The van der Waals surface area contributed by atoms with E-state index in [2.05, 4.69) is 25.6 Å². The minimum Gasteiger partial charge on any atom is -0.340 e. The Morgan fingerprint density at radius 2 is 1.56 bits per heavy atom. The van der Waals surface area contributed by atoms with Gasteiger partial charge in [-0.3, -0.25) is 4.79 Å². The van der Waals surface area contributed by atoms with Crippen molar-refractivity contribution in [2.45, 2.75) is 13.8 Å². The zero-order chi connectivity index (χ0) is 25.1. The number of nitrogens with one attached hydrogen (secondary N) is 2. The van der Waals surface area contributed by atoms with Crippen LogP contribution in [0.3, 0.4) is 0 Å². The lowest BCUT2D eigenvalue weighted by Crippen LogP contribution is -2.11. The molecule has 2 heterocycles. The fraction of sp³-hybridized carbons (Fsp3) is 0.0714. The van der Waals surface area contributed by atoms with Crippen LogP contribution in [0.25, 0.3) is 21.8 Å². The minimum absolute atomic E-state index is 0.250. The molecule has 6 nitrogen and oxygen atoms in total. The molecule has 0 atom stereocenters. The van der Waals surface area contributed by atoms with Crippen LogP contribution in [-0.4, -0.2) is 20.9 Å². The minimum atomic E-state index is -0.313. The van der Waals surface area contributed by atoms with Gasteiger partial charge < -0.3 is 10.6 Å². The molecule has 0 aliphatic rings. The highest BCUT2D eigenvalue weighted by molar-refractivity contribution is 7.17. The molecule has 0 saturated carbocycles. The third kappa shape index (κ3) is 5.29. The number of halogens is 1. The molecule has 36 heavy (non-hydrogen) atoms. The van der Waals surface area contributed by atoms with Gasteiger partial charge in [0.05, 0.1) is 11.4 Å². The van der Waals surface area contributed by atoms with Crippen LogP contribution in [0.4, 0.5) is 21.6 Å². The maximum Gasteiger partial charge on any atom is 0.267 e. The van der Waals surface area contributed by atoms with Gasteiger partial charge >= 0.3 is 0 Å². The van der Waals surface area contributed by atoms with Crippen LogP contribution in [0.5, 0.6) is 0 Å². The average molecular weight is 496 g/mol. The van der Waals surface area contributed by atoms with Crippen LogP contribution < -0.4 is 10.6 Å². The molecule has 0 fully saturated rings. The van der Waals surface area contributed by atoms with E-state index in [9.17, 15) is 9.18 Å². The van der Waals surface area contributed by atoms with Crippen LogP contribution >= 0.6 is 11.3 Å². The smallest absolute Gasteiger partial charge is 0.267 e. The summed E-state index contributed by atoms with van der Waals surface area (Å²) < 4.78 is 13.3. The van der Waals surface area contributed by atoms with Gasteiger partial charge in [0.2, 0.25) is 0 Å². The number of amides is 1. The number of thiazole rings is 1. The normalized spacial score (nSPS) is 10.8. The average Bonchev–Trinajstić information content (AvgIpc) is 3.26. The monoisotopic (exact) mass is 495 g/mol. The Balaban J connectivity index is 1.33. The summed E-state index contributed by atoms with van der Waals surface area (Å²) in [6.45, 7) is 3.64. The lowest BCUT2D eigenvalue weighted by atomic mass is 10.1. The van der Waals surface area contributed by atoms with Crippen molar-refractivity contribution in [1.82, 2.24) is 15.0 Å². The van der Waals surface area contributed by atoms with Crippen molar-refractivity contribution in [3.8, 4) is 21.8 Å². The third-order valence-corrected chi connectivity index (χ3v) is 6.60. The summed E-state index contributed by atoms with van der Waals surface area (Å²) in [5.74, 6) is 0.750. The summed E-state index contributed by atoms with van der Waals surface area (Å²) in [7, 11) is 0. The number of hydrogen-bond donors (Lipinski definition) is 2. The van der Waals surface area contributed by atoms with Gasteiger partial charge in [-0.1, -0.05) is 36.4 Å². The van der Waals surface area contributed by atoms with E-state index in [0.29, 0.717) is 32.9 Å². The Hall–Kier alpha value is -4.43. The van der Waals surface area contributed by atoms with Crippen LogP contribution in [0.2, 0.25) is 0 Å². The van der Waals surface area contributed by atoms with Crippen molar-refractivity contribution in [3.63, 3.8) is 0 Å². The van der Waals surface area contributed by atoms with E-state index in [0.717, 1.165) is 22.5 Å². The molecule has 0 aliphatic carbocycles. The first-order valence-corrected chi connectivity index (χ1v) is 12.1. The third-order valence-electron chi connectivity index (χ3n) is 5.39. The van der Waals surface area contributed by atoms with Crippen molar-refractivity contribution in [2.24, 2.45) is 0 Å². The number of carbonyl (C=O) groups excluding carboxylic acids is 1. The molecule has 1 amide bonds. The van der Waals surface area contributed by atoms with E-state index in [1.807, 2.05) is 67.6 Å². The predicted molar refractivity (Wildman–Crippen MR) is 142 cm³/mol. The van der Waals surface area contributed by atoms with Crippen LogP contribution in [0.1, 0.15) is 21.2 Å².